The number of aliphatic carboxylic acids is 1. The molecule has 6 aromatic carbocycles. The fourth-order valence-electron chi connectivity index (χ4n) is 16.8. The SMILES string of the molecule is C.CC[C@H](CC(C)C)C(=O)N[C@H]1C(=O)C[C@@H](CC(N)=O)C(=O)N[C@H]2C(=O)C[C@H]3C(=O)N[C@H](C(=O)N[C@@H](C(=O)O)c4cc(O)cc(O)c4-c4cc3ccc4O)[C@H](OC3C[C@](C)(N)[C@@H](O)[C@H](C)O3)c3ccc(c(Cl)c3)Oc3cc2cc(c3O[C@@H]2O[C@H](CO)[C@@H](O[C@@H]3O[C@H](CCCCc4c[nH]c5ccccc45)[C@H](O)[C@H](O)[C@H]3O)[C@H](O)[C@H]2O)Oc2ccc(cc2Cl)[C@H]1O. The summed E-state index contributed by atoms with van der Waals surface area (Å²) in [6, 6.07) is 13.3. The summed E-state index contributed by atoms with van der Waals surface area (Å²) in [6.45, 7) is 7.35. The maximum Gasteiger partial charge on any atom is 0.330 e. The van der Waals surface area contributed by atoms with Gasteiger partial charge in [-0.2, -0.15) is 0 Å². The molecule has 7 aromatic rings. The van der Waals surface area contributed by atoms with Gasteiger partial charge in [0.2, 0.25) is 41.6 Å². The number of carboxylic acid groups (broad SMARTS) is 1. The third kappa shape index (κ3) is 19.9. The van der Waals surface area contributed by atoms with Crippen molar-refractivity contribution >= 4 is 81.2 Å². The smallest absolute Gasteiger partial charge is 0.330 e. The van der Waals surface area contributed by atoms with Crippen LogP contribution in [0.4, 0.5) is 0 Å². The van der Waals surface area contributed by atoms with Gasteiger partial charge in [0, 0.05) is 77.0 Å². The predicted octanol–water partition coefficient (Wildman–Crippen LogP) is 5.88. The van der Waals surface area contributed by atoms with Gasteiger partial charge in [-0.3, -0.25) is 33.6 Å². The second-order valence-corrected chi connectivity index (χ2v) is 33.6. The summed E-state index contributed by atoms with van der Waals surface area (Å²) in [7, 11) is 0. The number of rotatable bonds is 20. The van der Waals surface area contributed by atoms with Gasteiger partial charge in [-0.1, -0.05) is 94.2 Å². The molecule has 37 heteroatoms. The Morgan fingerprint density at radius 2 is 1.35 bits per heavy atom. The molecule has 1 unspecified atom stereocenters. The van der Waals surface area contributed by atoms with E-state index in [0.717, 1.165) is 65.0 Å². The highest BCUT2D eigenvalue weighted by Crippen LogP contribution is 2.51. The highest BCUT2D eigenvalue weighted by atomic mass is 35.5. The zero-order chi connectivity index (χ0) is 88.6. The fourth-order valence-corrected chi connectivity index (χ4v) is 17.3. The molecule has 0 aliphatic carbocycles. The molecule has 21 N–H and O–H groups in total. The van der Waals surface area contributed by atoms with Crippen molar-refractivity contribution in [3.05, 3.63) is 153 Å². The molecule has 124 heavy (non-hydrogen) atoms. The third-order valence-electron chi connectivity index (χ3n) is 23.4. The van der Waals surface area contributed by atoms with Crippen LogP contribution in [0.15, 0.2) is 109 Å². The number of aromatic nitrogens is 1. The molecular weight excluding hydrogens is 1660 g/mol. The number of aliphatic hydroxyl groups is 8. The number of phenols is 3. The van der Waals surface area contributed by atoms with Crippen LogP contribution in [0.2, 0.25) is 10.0 Å². The van der Waals surface area contributed by atoms with Crippen molar-refractivity contribution in [1.82, 2.24) is 26.3 Å². The Labute approximate surface area is 721 Å². The van der Waals surface area contributed by atoms with Crippen molar-refractivity contribution in [2.75, 3.05) is 6.61 Å². The summed E-state index contributed by atoms with van der Waals surface area (Å²) < 4.78 is 51.5. The van der Waals surface area contributed by atoms with Crippen LogP contribution in [-0.4, -0.2) is 217 Å². The number of halogens is 2. The lowest BCUT2D eigenvalue weighted by Gasteiger charge is -2.46. The predicted molar refractivity (Wildman–Crippen MR) is 441 cm³/mol. The van der Waals surface area contributed by atoms with Crippen LogP contribution in [0.1, 0.15) is 163 Å². The first kappa shape index (κ1) is 93.0. The average Bonchev–Trinajstić information content (AvgIpc) is 1.00. The molecule has 8 aliphatic heterocycles. The van der Waals surface area contributed by atoms with Crippen molar-refractivity contribution in [2.45, 2.75) is 234 Å². The zero-order valence-corrected chi connectivity index (χ0v) is 68.8. The molecule has 0 radical (unpaired) electrons. The minimum atomic E-state index is -2.32. The topological polar surface area (TPSA) is 569 Å². The number of carbonyl (C=O) groups is 8. The van der Waals surface area contributed by atoms with E-state index in [1.165, 1.54) is 44.2 Å². The number of primary amides is 1. The van der Waals surface area contributed by atoms with Gasteiger partial charge >= 0.3 is 5.97 Å². The molecule has 9 heterocycles. The number of nitrogens with two attached hydrogens (primary N) is 2. The molecule has 3 saturated heterocycles. The Hall–Kier alpha value is -10.2. The standard InChI is InChI=1S/C86H99Cl2N7O28.CH4/c1-6-37(21-35(2)3)79(110)94-67-54(100)25-43(28-62(89)102)80(111)92-65-42-26-59(117-56-19-16-39(69(67)103)23-49(56)87)76(122-85-74(108)72(106)77(61(34-96)120-85)123-84-73(107)71(105)70(104)58(119-84)14-10-7-11-41-33-91-51-13-9-8-12-45(41)51)60(27-42)118-57-20-17-40(24-50(57)88)75(121-63-32-86(5,90)78(109)36(4)116-63)68-82(113)93-66(83(114)115)48-29-44(97)30-53(99)64(48)47-22-38(15-18-52(47)98)46(31-55(65)101)81(112)95-68;/h8-9,12-13,15-20,22-24,26-27,29-30,33,35-37,43,46,58,61,63,65-75,77-78,84-85,91,96-99,103-109H,6-7,10-11,14,21,25,28,31-32,34,90H2,1-5H3,(H2,89,102)(H,92,111)(H,93,113)(H,94,110)(H,95,112)(H,114,115);1H4/t36-,37+,43-,46+,58+,61+,63?,65+,66+,67-,68-,69+,70-,71-,72+,73+,74+,75+,77+,78-,84-,85-,86-;/m0./s1. The Morgan fingerprint density at radius 3 is 2.01 bits per heavy atom. The number of carbonyl (C=O) groups excluding carboxylic acids is 7. The van der Waals surface area contributed by atoms with Crippen LogP contribution in [0.25, 0.3) is 22.0 Å². The number of benzene rings is 6. The zero-order valence-electron chi connectivity index (χ0n) is 67.3. The Morgan fingerprint density at radius 1 is 0.694 bits per heavy atom. The minimum absolute atomic E-state index is 0. The monoisotopic (exact) mass is 1760 g/mol. The van der Waals surface area contributed by atoms with Crippen LogP contribution in [0, 0.1) is 17.8 Å². The van der Waals surface area contributed by atoms with E-state index in [2.05, 4.69) is 26.3 Å². The van der Waals surface area contributed by atoms with Gasteiger partial charge in [-0.15, -0.1) is 0 Å². The van der Waals surface area contributed by atoms with E-state index in [9.17, 15) is 75.7 Å². The molecule has 1 aromatic heterocycles. The van der Waals surface area contributed by atoms with E-state index in [1.807, 2.05) is 44.3 Å². The number of nitrogens with one attached hydrogen (secondary N) is 5. The van der Waals surface area contributed by atoms with Crippen LogP contribution in [-0.2, 0) is 68.5 Å². The first-order valence-electron chi connectivity index (χ1n) is 40.4. The van der Waals surface area contributed by atoms with E-state index in [1.54, 1.807) is 6.92 Å². The number of Topliss-reactive ketones (excluding diaryl/α,β-unsaturated/α-hetero) is 2. The van der Waals surface area contributed by atoms with Crippen molar-refractivity contribution < 1.29 is 138 Å². The fraction of sp³-hybridized carbons (Fsp3) is 0.471. The Bertz CT molecular complexity index is 5150. The van der Waals surface area contributed by atoms with Gasteiger partial charge in [-0.05, 0) is 140 Å². The second kappa shape index (κ2) is 38.8. The first-order valence-corrected chi connectivity index (χ1v) is 41.1. The van der Waals surface area contributed by atoms with E-state index in [-0.39, 0.29) is 60.1 Å². The number of amides is 5. The van der Waals surface area contributed by atoms with E-state index < -0.39 is 280 Å². The van der Waals surface area contributed by atoms with Crippen LogP contribution < -0.4 is 46.9 Å². The maximum atomic E-state index is 16.6. The van der Waals surface area contributed by atoms with Crippen LogP contribution >= 0.6 is 23.2 Å². The highest BCUT2D eigenvalue weighted by Gasteiger charge is 2.53. The summed E-state index contributed by atoms with van der Waals surface area (Å²) in [4.78, 5) is 124. The number of unbranched alkanes of at least 4 members (excludes halogenated alkanes) is 1. The molecule has 23 atom stereocenters. The number of carboxylic acids is 1. The number of para-hydroxylation sites is 1. The summed E-state index contributed by atoms with van der Waals surface area (Å²) in [5.41, 5.74) is 10.6. The summed E-state index contributed by atoms with van der Waals surface area (Å²) in [5, 5.41) is 150. The number of ketones is 2. The van der Waals surface area contributed by atoms with Crippen LogP contribution in [0.3, 0.4) is 0 Å². The van der Waals surface area contributed by atoms with Crippen molar-refractivity contribution in [3.63, 3.8) is 0 Å². The number of aryl methyl sites for hydroxylation is 1. The lowest BCUT2D eigenvalue weighted by molar-refractivity contribution is -0.351. The van der Waals surface area contributed by atoms with Crippen molar-refractivity contribution in [1.29, 1.82) is 0 Å². The quantitative estimate of drug-likeness (QED) is 0.0396. The molecule has 0 spiro atoms. The van der Waals surface area contributed by atoms with Crippen molar-refractivity contribution in [2.24, 2.45) is 29.2 Å². The molecule has 5 amide bonds. The Kier molecular flexibility index (Phi) is 29.1. The van der Waals surface area contributed by atoms with E-state index in [4.69, 9.17) is 72.6 Å². The molecule has 3 fully saturated rings. The summed E-state index contributed by atoms with van der Waals surface area (Å²) in [6.07, 6.45) is -26.1. The number of phenolic OH excluding ortho intramolecular Hbond substituents is 3. The second-order valence-electron chi connectivity index (χ2n) is 32.8. The number of ether oxygens (including phenoxy) is 8. The largest absolute Gasteiger partial charge is 0.508 e. The van der Waals surface area contributed by atoms with E-state index in [0.29, 0.717) is 25.7 Å². The lowest BCUT2D eigenvalue weighted by Crippen LogP contribution is -2.64. The molecule has 11 bridgehead atoms. The van der Waals surface area contributed by atoms with Gasteiger partial charge in [-0.25, -0.2) is 4.79 Å². The van der Waals surface area contributed by atoms with Crippen molar-refractivity contribution in [3.8, 4) is 57.1 Å². The van der Waals surface area contributed by atoms with Gasteiger partial charge < -0.3 is 137 Å². The number of aromatic hydroxyl groups is 3. The molecular formula is C87H103Cl2N7O28. The molecule has 8 aliphatic rings. The number of H-pyrrole nitrogens is 1. The number of aliphatic hydroxyl groups excluding tert-OH is 8. The van der Waals surface area contributed by atoms with E-state index >= 15 is 24.0 Å². The number of fused-ring (bicyclic) bond motifs is 16. The number of aromatic amines is 1. The average molecular weight is 1770 g/mol. The van der Waals surface area contributed by atoms with Gasteiger partial charge in [0.15, 0.2) is 41.7 Å². The number of hydrogen-bond donors (Lipinski definition) is 19. The maximum absolute atomic E-state index is 16.6. The Balaban J connectivity index is 0.0000140. The van der Waals surface area contributed by atoms with Crippen LogP contribution in [0.5, 0.6) is 46.0 Å². The molecule has 35 nitrogen and oxygen atoms in total. The molecule has 668 valence electrons. The highest BCUT2D eigenvalue weighted by molar-refractivity contribution is 6.32. The summed E-state index contributed by atoms with van der Waals surface area (Å²) in [5.74, 6) is -19.6. The lowest BCUT2D eigenvalue weighted by atomic mass is 9.84. The number of hydrogen-bond acceptors (Lipinski definition) is 28. The first-order chi connectivity index (χ1) is 58.4. The van der Waals surface area contributed by atoms with Gasteiger partial charge in [0.05, 0.1) is 46.8 Å². The summed E-state index contributed by atoms with van der Waals surface area (Å²) >= 11 is 14.6. The third-order valence-corrected chi connectivity index (χ3v) is 24.0. The molecule has 0 saturated carbocycles. The minimum Gasteiger partial charge on any atom is -0.508 e. The van der Waals surface area contributed by atoms with Gasteiger partial charge in [0.1, 0.15) is 102 Å². The van der Waals surface area contributed by atoms with Gasteiger partial charge in [0.25, 0.3) is 0 Å². The molecule has 15 rings (SSSR count). The normalized spacial score (nSPS) is 30.0.